The number of nitrogens with two attached hydrogens (primary N) is 3. The van der Waals surface area contributed by atoms with Crippen molar-refractivity contribution in [2.75, 3.05) is 0 Å². The van der Waals surface area contributed by atoms with Crippen molar-refractivity contribution >= 4 is 16.1 Å². The van der Waals surface area contributed by atoms with Crippen molar-refractivity contribution in [3.8, 4) is 0 Å². The summed E-state index contributed by atoms with van der Waals surface area (Å²) in [6.07, 6.45) is 2.92. The van der Waals surface area contributed by atoms with E-state index in [9.17, 15) is 8.42 Å². The van der Waals surface area contributed by atoms with Gasteiger partial charge in [-0.05, 0) is 42.0 Å². The van der Waals surface area contributed by atoms with Gasteiger partial charge in [0.1, 0.15) is 0 Å². The van der Waals surface area contributed by atoms with Crippen molar-refractivity contribution < 1.29 is 8.42 Å². The Kier molecular flexibility index (Phi) is 3.69. The molecule has 1 rings (SSSR count). The third-order valence-corrected chi connectivity index (χ3v) is 3.29. The molecule has 1 aromatic carbocycles. The highest BCUT2D eigenvalue weighted by molar-refractivity contribution is 7.89. The van der Waals surface area contributed by atoms with Crippen LogP contribution in [0.1, 0.15) is 16.7 Å². The fraction of sp³-hybridized carbons (Fsp3) is 0.200. The van der Waals surface area contributed by atoms with E-state index >= 15 is 0 Å². The minimum absolute atomic E-state index is 0.0952. The minimum Gasteiger partial charge on any atom is -0.405 e. The summed E-state index contributed by atoms with van der Waals surface area (Å²) in [5.74, 6) is 0. The molecule has 1 aromatic rings. The second kappa shape index (κ2) is 4.65. The van der Waals surface area contributed by atoms with Gasteiger partial charge >= 0.3 is 0 Å². The third-order valence-electron chi connectivity index (χ3n) is 2.24. The van der Waals surface area contributed by atoms with Crippen LogP contribution >= 0.6 is 0 Å². The summed E-state index contributed by atoms with van der Waals surface area (Å²) in [6.45, 7) is 1.99. The zero-order valence-electron chi connectivity index (χ0n) is 8.97. The van der Waals surface area contributed by atoms with Crippen LogP contribution in [0.2, 0.25) is 0 Å². The standard InChI is InChI=1S/C10H15N3O2S/c1-7-4-9(6-12)8(2-3-11)5-10(7)16(13,14)15/h2-5H,6,11-12H2,1H3,(H2,13,14,15)/b3-2-. The van der Waals surface area contributed by atoms with E-state index in [1.54, 1.807) is 19.1 Å². The first kappa shape index (κ1) is 12.7. The van der Waals surface area contributed by atoms with Crippen LogP contribution in [0.25, 0.3) is 6.08 Å². The summed E-state index contributed by atoms with van der Waals surface area (Å²) in [7, 11) is -3.71. The molecule has 5 nitrogen and oxygen atoms in total. The molecular weight excluding hydrogens is 226 g/mol. The Bertz CT molecular complexity index is 521. The normalized spacial score (nSPS) is 12.2. The van der Waals surface area contributed by atoms with E-state index < -0.39 is 10.0 Å². The van der Waals surface area contributed by atoms with E-state index in [2.05, 4.69) is 0 Å². The summed E-state index contributed by atoms with van der Waals surface area (Å²) in [5.41, 5.74) is 12.9. The van der Waals surface area contributed by atoms with Crippen LogP contribution in [0.5, 0.6) is 0 Å². The Morgan fingerprint density at radius 3 is 2.44 bits per heavy atom. The maximum atomic E-state index is 11.3. The van der Waals surface area contributed by atoms with Gasteiger partial charge in [-0.1, -0.05) is 6.07 Å². The highest BCUT2D eigenvalue weighted by Crippen LogP contribution is 2.20. The number of benzene rings is 1. The van der Waals surface area contributed by atoms with E-state index in [1.165, 1.54) is 12.3 Å². The molecule has 0 aliphatic carbocycles. The van der Waals surface area contributed by atoms with Gasteiger partial charge in [0, 0.05) is 6.54 Å². The number of hydrogen-bond acceptors (Lipinski definition) is 4. The molecule has 0 spiro atoms. The van der Waals surface area contributed by atoms with Crippen molar-refractivity contribution in [1.82, 2.24) is 0 Å². The van der Waals surface area contributed by atoms with E-state index in [1.807, 2.05) is 0 Å². The maximum Gasteiger partial charge on any atom is 0.238 e. The SMILES string of the molecule is Cc1cc(CN)c(/C=C\N)cc1S(N)(=O)=O. The molecule has 0 fully saturated rings. The van der Waals surface area contributed by atoms with Crippen LogP contribution in [0.15, 0.2) is 23.2 Å². The van der Waals surface area contributed by atoms with Crippen molar-refractivity contribution in [2.24, 2.45) is 16.6 Å². The van der Waals surface area contributed by atoms with Crippen molar-refractivity contribution in [1.29, 1.82) is 0 Å². The van der Waals surface area contributed by atoms with E-state index in [0.717, 1.165) is 5.56 Å². The molecule has 0 bridgehead atoms. The molecule has 0 heterocycles. The second-order valence-corrected chi connectivity index (χ2v) is 4.95. The average Bonchev–Trinajstić information content (AvgIpc) is 2.18. The van der Waals surface area contributed by atoms with Crippen LogP contribution in [0.3, 0.4) is 0 Å². The molecule has 0 aliphatic heterocycles. The third kappa shape index (κ3) is 2.60. The lowest BCUT2D eigenvalue weighted by Gasteiger charge is -2.09. The largest absolute Gasteiger partial charge is 0.405 e. The summed E-state index contributed by atoms with van der Waals surface area (Å²) in [5, 5.41) is 5.10. The summed E-state index contributed by atoms with van der Waals surface area (Å²) in [4.78, 5) is 0.0952. The topological polar surface area (TPSA) is 112 Å². The van der Waals surface area contributed by atoms with Gasteiger partial charge in [-0.2, -0.15) is 0 Å². The van der Waals surface area contributed by atoms with E-state index in [0.29, 0.717) is 17.7 Å². The first-order valence-electron chi connectivity index (χ1n) is 4.65. The van der Waals surface area contributed by atoms with Gasteiger partial charge in [-0.15, -0.1) is 0 Å². The molecule has 88 valence electrons. The fourth-order valence-corrected chi connectivity index (χ4v) is 2.30. The number of hydrogen-bond donors (Lipinski definition) is 3. The Balaban J connectivity index is 3.51. The molecule has 0 radical (unpaired) electrons. The van der Waals surface area contributed by atoms with Crippen LogP contribution in [-0.4, -0.2) is 8.42 Å². The van der Waals surface area contributed by atoms with Crippen molar-refractivity contribution in [3.63, 3.8) is 0 Å². The van der Waals surface area contributed by atoms with Crippen LogP contribution in [-0.2, 0) is 16.6 Å². The predicted octanol–water partition coefficient (Wildman–Crippen LogP) is 0.0305. The molecule has 6 N–H and O–H groups in total. The minimum atomic E-state index is -3.71. The number of sulfonamides is 1. The van der Waals surface area contributed by atoms with Gasteiger partial charge in [0.15, 0.2) is 0 Å². The van der Waals surface area contributed by atoms with Gasteiger partial charge in [0.05, 0.1) is 4.90 Å². The first-order valence-corrected chi connectivity index (χ1v) is 6.19. The Labute approximate surface area is 95.0 Å². The van der Waals surface area contributed by atoms with Crippen molar-refractivity contribution in [2.45, 2.75) is 18.4 Å². The van der Waals surface area contributed by atoms with Gasteiger partial charge in [0.2, 0.25) is 10.0 Å². The Morgan fingerprint density at radius 1 is 1.38 bits per heavy atom. The molecule has 0 aromatic heterocycles. The Hall–Kier alpha value is -1.37. The second-order valence-electron chi connectivity index (χ2n) is 3.42. The summed E-state index contributed by atoms with van der Waals surface area (Å²) in [6, 6.07) is 3.19. The molecule has 0 amide bonds. The van der Waals surface area contributed by atoms with Gasteiger partial charge < -0.3 is 11.5 Å². The summed E-state index contributed by atoms with van der Waals surface area (Å²) >= 11 is 0. The summed E-state index contributed by atoms with van der Waals surface area (Å²) < 4.78 is 22.6. The molecule has 0 unspecified atom stereocenters. The number of rotatable bonds is 3. The van der Waals surface area contributed by atoms with Crippen LogP contribution in [0, 0.1) is 6.92 Å². The maximum absolute atomic E-state index is 11.3. The fourth-order valence-electron chi connectivity index (χ4n) is 1.51. The molecule has 0 saturated carbocycles. The smallest absolute Gasteiger partial charge is 0.238 e. The van der Waals surface area contributed by atoms with Gasteiger partial charge in [0.25, 0.3) is 0 Å². The molecular formula is C10H15N3O2S. The molecule has 16 heavy (non-hydrogen) atoms. The monoisotopic (exact) mass is 241 g/mol. The molecule has 0 saturated heterocycles. The highest BCUT2D eigenvalue weighted by Gasteiger charge is 2.13. The molecule has 0 atom stereocenters. The van der Waals surface area contributed by atoms with Gasteiger partial charge in [-0.25, -0.2) is 13.6 Å². The van der Waals surface area contributed by atoms with E-state index in [-0.39, 0.29) is 4.90 Å². The van der Waals surface area contributed by atoms with E-state index in [4.69, 9.17) is 16.6 Å². The lowest BCUT2D eigenvalue weighted by molar-refractivity contribution is 0.597. The highest BCUT2D eigenvalue weighted by atomic mass is 32.2. The first-order chi connectivity index (χ1) is 7.40. The average molecular weight is 241 g/mol. The predicted molar refractivity (Wildman–Crippen MR) is 63.7 cm³/mol. The zero-order valence-corrected chi connectivity index (χ0v) is 9.79. The quantitative estimate of drug-likeness (QED) is 0.693. The molecule has 0 aliphatic rings. The lowest BCUT2D eigenvalue weighted by Crippen LogP contribution is -2.15. The number of primary sulfonamides is 1. The van der Waals surface area contributed by atoms with Crippen LogP contribution < -0.4 is 16.6 Å². The lowest BCUT2D eigenvalue weighted by atomic mass is 10.0. The Morgan fingerprint density at radius 2 is 2.00 bits per heavy atom. The zero-order chi connectivity index (χ0) is 12.3. The molecule has 6 heteroatoms. The van der Waals surface area contributed by atoms with Gasteiger partial charge in [-0.3, -0.25) is 0 Å². The van der Waals surface area contributed by atoms with Crippen molar-refractivity contribution in [3.05, 3.63) is 35.0 Å². The van der Waals surface area contributed by atoms with Crippen LogP contribution in [0.4, 0.5) is 0 Å². The number of aryl methyl sites for hydroxylation is 1.